The highest BCUT2D eigenvalue weighted by Crippen LogP contribution is 2.34. The Labute approximate surface area is 190 Å². The van der Waals surface area contributed by atoms with Crippen molar-refractivity contribution in [3.05, 3.63) is 89.8 Å². The summed E-state index contributed by atoms with van der Waals surface area (Å²) in [5.74, 6) is -0.394. The van der Waals surface area contributed by atoms with Crippen molar-refractivity contribution in [1.82, 2.24) is 36.0 Å². The molecular formula is C22H15N7O3S. The Morgan fingerprint density at radius 3 is 2.39 bits per heavy atom. The Morgan fingerprint density at radius 1 is 0.909 bits per heavy atom. The minimum atomic E-state index is -0.484. The van der Waals surface area contributed by atoms with Crippen LogP contribution in [0, 0.1) is 0 Å². The molecule has 0 bridgehead atoms. The molecule has 0 radical (unpaired) electrons. The molecule has 5 aromatic rings. The number of nitrogens with one attached hydrogen (secondary N) is 2. The summed E-state index contributed by atoms with van der Waals surface area (Å²) in [5, 5.41) is 11.5. The molecule has 5 rings (SSSR count). The fraction of sp³-hybridized carbons (Fsp3) is 0. The topological polar surface area (TPSA) is 128 Å². The first-order valence-electron chi connectivity index (χ1n) is 9.73. The molecule has 2 N–H and O–H groups in total. The third-order valence-electron chi connectivity index (χ3n) is 4.65. The second kappa shape index (κ2) is 8.85. The Kier molecular flexibility index (Phi) is 5.43. The van der Waals surface area contributed by atoms with Gasteiger partial charge in [-0.15, -0.1) is 16.4 Å². The highest BCUT2D eigenvalue weighted by molar-refractivity contribution is 7.17. The van der Waals surface area contributed by atoms with Crippen LogP contribution < -0.4 is 10.9 Å². The molecule has 2 amide bonds. The summed E-state index contributed by atoms with van der Waals surface area (Å²) in [4.78, 5) is 30.4. The number of aromatic nitrogens is 5. The molecule has 0 atom stereocenters. The molecule has 0 saturated carbocycles. The number of hydrogen-bond donors (Lipinski definition) is 2. The second-order valence-electron chi connectivity index (χ2n) is 6.75. The Hall–Kier alpha value is -4.64. The molecule has 10 nitrogen and oxygen atoms in total. The van der Waals surface area contributed by atoms with Crippen LogP contribution in [0.15, 0.2) is 83.7 Å². The second-order valence-corrected chi connectivity index (χ2v) is 7.75. The molecule has 162 valence electrons. The number of thiazole rings is 1. The number of rotatable bonds is 5. The molecule has 33 heavy (non-hydrogen) atoms. The van der Waals surface area contributed by atoms with E-state index >= 15 is 0 Å². The van der Waals surface area contributed by atoms with E-state index in [0.29, 0.717) is 32.6 Å². The number of hydrazine groups is 1. The molecule has 0 spiro atoms. The molecule has 0 fully saturated rings. The van der Waals surface area contributed by atoms with Crippen LogP contribution in [0.25, 0.3) is 27.7 Å². The molecule has 11 heteroatoms. The lowest BCUT2D eigenvalue weighted by Gasteiger charge is -2.08. The van der Waals surface area contributed by atoms with Gasteiger partial charge in [0.1, 0.15) is 11.2 Å². The van der Waals surface area contributed by atoms with Gasteiger partial charge in [0.15, 0.2) is 10.8 Å². The van der Waals surface area contributed by atoms with E-state index in [1.54, 1.807) is 42.7 Å². The number of benzene rings is 2. The first-order valence-corrected chi connectivity index (χ1v) is 10.5. The number of amides is 2. The molecular weight excluding hydrogens is 442 g/mol. The van der Waals surface area contributed by atoms with Crippen molar-refractivity contribution >= 4 is 23.2 Å². The van der Waals surface area contributed by atoms with Crippen LogP contribution in [0.2, 0.25) is 0 Å². The zero-order valence-corrected chi connectivity index (χ0v) is 17.7. The number of carbonyl (C=O) groups excluding carboxylic acids is 2. The number of hydrogen-bond acceptors (Lipinski definition) is 8. The van der Waals surface area contributed by atoms with Gasteiger partial charge >= 0.3 is 0 Å². The van der Waals surface area contributed by atoms with E-state index in [0.717, 1.165) is 5.56 Å². The summed E-state index contributed by atoms with van der Waals surface area (Å²) in [6.07, 6.45) is 3.00. The summed E-state index contributed by atoms with van der Waals surface area (Å²) >= 11 is 1.18. The molecule has 3 heterocycles. The van der Waals surface area contributed by atoms with Crippen LogP contribution in [0.1, 0.15) is 20.0 Å². The number of nitrogens with zero attached hydrogens (tertiary/aromatic N) is 5. The van der Waals surface area contributed by atoms with Crippen molar-refractivity contribution < 1.29 is 14.0 Å². The fourth-order valence-corrected chi connectivity index (χ4v) is 4.01. The van der Waals surface area contributed by atoms with Crippen LogP contribution in [0.3, 0.4) is 0 Å². The van der Waals surface area contributed by atoms with Crippen molar-refractivity contribution in [3.8, 4) is 27.7 Å². The van der Waals surface area contributed by atoms with Gasteiger partial charge in [-0.2, -0.15) is 0 Å². The normalized spacial score (nSPS) is 10.7. The highest BCUT2D eigenvalue weighted by Gasteiger charge is 2.22. The first kappa shape index (κ1) is 20.3. The van der Waals surface area contributed by atoms with E-state index in [9.17, 15) is 9.59 Å². The molecule has 0 saturated heterocycles. The third kappa shape index (κ3) is 4.25. The van der Waals surface area contributed by atoms with Gasteiger partial charge in [-0.05, 0) is 46.8 Å². The quantitative estimate of drug-likeness (QED) is 0.388. The maximum absolute atomic E-state index is 13.0. The Morgan fingerprint density at radius 2 is 1.70 bits per heavy atom. The van der Waals surface area contributed by atoms with Crippen LogP contribution in [-0.4, -0.2) is 37.0 Å². The number of carbonyl (C=O) groups is 2. The Bertz CT molecular complexity index is 1380. The fourth-order valence-electron chi connectivity index (χ4n) is 3.06. The van der Waals surface area contributed by atoms with Gasteiger partial charge in [-0.25, -0.2) is 9.67 Å². The van der Waals surface area contributed by atoms with Gasteiger partial charge in [0.2, 0.25) is 0 Å². The van der Waals surface area contributed by atoms with E-state index in [-0.39, 0.29) is 0 Å². The maximum atomic E-state index is 13.0. The van der Waals surface area contributed by atoms with Crippen molar-refractivity contribution in [2.75, 3.05) is 0 Å². The molecule has 0 aliphatic carbocycles. The zero-order valence-electron chi connectivity index (χ0n) is 16.9. The van der Waals surface area contributed by atoms with Crippen molar-refractivity contribution in [2.24, 2.45) is 0 Å². The largest absolute Gasteiger partial charge is 0.462 e. The summed E-state index contributed by atoms with van der Waals surface area (Å²) in [6.45, 7) is 0. The first-order chi connectivity index (χ1) is 16.2. The van der Waals surface area contributed by atoms with Gasteiger partial charge in [0.05, 0.1) is 17.6 Å². The van der Waals surface area contributed by atoms with Crippen LogP contribution in [0.4, 0.5) is 0 Å². The minimum absolute atomic E-state index is 0.349. The summed E-state index contributed by atoms with van der Waals surface area (Å²) in [7, 11) is 0. The van der Waals surface area contributed by atoms with E-state index in [2.05, 4.69) is 31.4 Å². The van der Waals surface area contributed by atoms with Gasteiger partial charge in [0.25, 0.3) is 11.8 Å². The van der Waals surface area contributed by atoms with E-state index < -0.39 is 11.8 Å². The molecule has 3 aromatic heterocycles. The number of tetrazole rings is 1. The third-order valence-corrected chi connectivity index (χ3v) is 5.71. The van der Waals surface area contributed by atoms with E-state index in [1.165, 1.54) is 22.3 Å². The standard InChI is InChI=1S/C22H15N7O3S/c30-20(15-8-10-16(11-9-15)29-13-23-27-28-29)25-26-21(31)19-18(14-5-2-1-3-6-14)24-22(33-19)17-7-4-12-32-17/h1-13H,(H,25,30)(H,26,31). The van der Waals surface area contributed by atoms with Gasteiger partial charge in [0, 0.05) is 11.1 Å². The maximum Gasteiger partial charge on any atom is 0.282 e. The lowest BCUT2D eigenvalue weighted by molar-refractivity contribution is 0.0849. The highest BCUT2D eigenvalue weighted by atomic mass is 32.1. The average Bonchev–Trinajstić information content (AvgIpc) is 3.64. The predicted octanol–water partition coefficient (Wildman–Crippen LogP) is 3.12. The summed E-state index contributed by atoms with van der Waals surface area (Å²) < 4.78 is 6.90. The lowest BCUT2D eigenvalue weighted by Crippen LogP contribution is -2.41. The average molecular weight is 457 g/mol. The van der Waals surface area contributed by atoms with Crippen LogP contribution >= 0.6 is 11.3 Å². The molecule has 0 unspecified atom stereocenters. The van der Waals surface area contributed by atoms with Crippen LogP contribution in [-0.2, 0) is 0 Å². The Balaban J connectivity index is 1.33. The number of furan rings is 1. The molecule has 0 aliphatic rings. The smallest absolute Gasteiger partial charge is 0.282 e. The monoisotopic (exact) mass is 457 g/mol. The van der Waals surface area contributed by atoms with Gasteiger partial charge in [-0.1, -0.05) is 30.3 Å². The van der Waals surface area contributed by atoms with Crippen molar-refractivity contribution in [3.63, 3.8) is 0 Å². The minimum Gasteiger partial charge on any atom is -0.462 e. The predicted molar refractivity (Wildman–Crippen MR) is 119 cm³/mol. The van der Waals surface area contributed by atoms with Crippen LogP contribution in [0.5, 0.6) is 0 Å². The van der Waals surface area contributed by atoms with Gasteiger partial charge < -0.3 is 4.42 Å². The summed E-state index contributed by atoms with van der Waals surface area (Å²) in [5.41, 5.74) is 7.25. The lowest BCUT2D eigenvalue weighted by atomic mass is 10.1. The SMILES string of the molecule is O=C(NNC(=O)c1sc(-c2ccco2)nc1-c1ccccc1)c1ccc(-n2cnnn2)cc1. The van der Waals surface area contributed by atoms with E-state index in [1.807, 2.05) is 30.3 Å². The molecule has 2 aromatic carbocycles. The molecule has 0 aliphatic heterocycles. The van der Waals surface area contributed by atoms with Crippen molar-refractivity contribution in [1.29, 1.82) is 0 Å². The van der Waals surface area contributed by atoms with Gasteiger partial charge in [-0.3, -0.25) is 20.4 Å². The summed E-state index contributed by atoms with van der Waals surface area (Å²) in [6, 6.07) is 19.5. The van der Waals surface area contributed by atoms with E-state index in [4.69, 9.17) is 4.42 Å². The zero-order chi connectivity index (χ0) is 22.6. The van der Waals surface area contributed by atoms with Crippen molar-refractivity contribution in [2.45, 2.75) is 0 Å².